The van der Waals surface area contributed by atoms with Crippen molar-refractivity contribution < 1.29 is 24.2 Å². The number of amides is 3. The van der Waals surface area contributed by atoms with Crippen LogP contribution in [0.4, 0.5) is 10.5 Å². The van der Waals surface area contributed by atoms with Crippen LogP contribution < -0.4 is 10.6 Å². The molecule has 2 rings (SSSR count). The molecular formula is C31H45N3O5. The van der Waals surface area contributed by atoms with E-state index < -0.39 is 35.6 Å². The van der Waals surface area contributed by atoms with Gasteiger partial charge in [0.15, 0.2) is 0 Å². The summed E-state index contributed by atoms with van der Waals surface area (Å²) in [6.07, 6.45) is 0.769. The molecule has 214 valence electrons. The van der Waals surface area contributed by atoms with E-state index in [-0.39, 0.29) is 11.8 Å². The quantitative estimate of drug-likeness (QED) is 0.330. The van der Waals surface area contributed by atoms with Crippen molar-refractivity contribution in [1.29, 1.82) is 0 Å². The number of carbonyl (C=O) groups is 3. The van der Waals surface area contributed by atoms with Crippen LogP contribution in [-0.4, -0.2) is 45.6 Å². The van der Waals surface area contributed by atoms with Gasteiger partial charge in [-0.25, -0.2) is 4.79 Å². The van der Waals surface area contributed by atoms with E-state index in [1.54, 1.807) is 39.8 Å². The topological polar surface area (TPSA) is 108 Å². The minimum absolute atomic E-state index is 0.0143. The van der Waals surface area contributed by atoms with Gasteiger partial charge in [-0.3, -0.25) is 9.59 Å². The van der Waals surface area contributed by atoms with E-state index in [2.05, 4.69) is 24.5 Å². The van der Waals surface area contributed by atoms with E-state index in [9.17, 15) is 19.5 Å². The molecule has 0 saturated heterocycles. The molecule has 0 aliphatic carbocycles. The van der Waals surface area contributed by atoms with Gasteiger partial charge in [-0.15, -0.1) is 0 Å². The van der Waals surface area contributed by atoms with Crippen molar-refractivity contribution in [2.75, 3.05) is 5.32 Å². The summed E-state index contributed by atoms with van der Waals surface area (Å²) in [5, 5.41) is 15.9. The minimum atomic E-state index is -1.06. The Morgan fingerprint density at radius 3 is 2.08 bits per heavy atom. The SMILES string of the molecule is Cc1cccc(C)c1NC(=O)C(c1cccc(O)c1)N(C(=O)C(C)NC(=O)OC(C)(C)C)C(C)CCC(C)C. The molecule has 0 saturated carbocycles. The second-order valence-corrected chi connectivity index (χ2v) is 11.7. The third-order valence-corrected chi connectivity index (χ3v) is 6.44. The van der Waals surface area contributed by atoms with Crippen molar-refractivity contribution in [3.8, 4) is 5.75 Å². The van der Waals surface area contributed by atoms with Crippen molar-refractivity contribution in [2.24, 2.45) is 5.92 Å². The highest BCUT2D eigenvalue weighted by Gasteiger charge is 2.38. The number of nitrogens with zero attached hydrogens (tertiary/aromatic N) is 1. The first-order chi connectivity index (χ1) is 18.1. The molecule has 8 nitrogen and oxygen atoms in total. The number of aromatic hydroxyl groups is 1. The maximum atomic E-state index is 14.1. The predicted molar refractivity (Wildman–Crippen MR) is 155 cm³/mol. The van der Waals surface area contributed by atoms with Gasteiger partial charge in [-0.05, 0) is 96.0 Å². The third-order valence-electron chi connectivity index (χ3n) is 6.44. The highest BCUT2D eigenvalue weighted by atomic mass is 16.6. The van der Waals surface area contributed by atoms with E-state index in [0.717, 1.165) is 17.5 Å². The number of ether oxygens (including phenoxy) is 1. The Kier molecular flexibility index (Phi) is 11.0. The summed E-state index contributed by atoms with van der Waals surface area (Å²) in [4.78, 5) is 42.1. The number of phenolic OH excluding ortho intramolecular Hbond substituents is 1. The van der Waals surface area contributed by atoms with Crippen LogP contribution in [0.1, 0.15) is 84.0 Å². The number of hydrogen-bond acceptors (Lipinski definition) is 5. The number of carbonyl (C=O) groups excluding carboxylic acids is 3. The molecule has 2 aromatic rings. The average Bonchev–Trinajstić information content (AvgIpc) is 2.81. The summed E-state index contributed by atoms with van der Waals surface area (Å²) in [5.41, 5.74) is 2.20. The summed E-state index contributed by atoms with van der Waals surface area (Å²) in [6, 6.07) is 9.74. The van der Waals surface area contributed by atoms with Crippen LogP contribution in [0.2, 0.25) is 0 Å². The predicted octanol–water partition coefficient (Wildman–Crippen LogP) is 6.26. The van der Waals surface area contributed by atoms with E-state index in [0.29, 0.717) is 23.6 Å². The first kappa shape index (κ1) is 31.7. The molecule has 8 heteroatoms. The summed E-state index contributed by atoms with van der Waals surface area (Å²) in [7, 11) is 0. The fourth-order valence-electron chi connectivity index (χ4n) is 4.42. The number of benzene rings is 2. The van der Waals surface area contributed by atoms with Gasteiger partial charge in [0.2, 0.25) is 5.91 Å². The Morgan fingerprint density at radius 1 is 0.949 bits per heavy atom. The molecule has 3 unspecified atom stereocenters. The number of hydrogen-bond donors (Lipinski definition) is 3. The Hall–Kier alpha value is -3.55. The lowest BCUT2D eigenvalue weighted by molar-refractivity contribution is -0.143. The molecule has 2 aromatic carbocycles. The van der Waals surface area contributed by atoms with Crippen molar-refractivity contribution in [1.82, 2.24) is 10.2 Å². The monoisotopic (exact) mass is 539 g/mol. The van der Waals surface area contributed by atoms with Gasteiger partial charge < -0.3 is 25.4 Å². The zero-order valence-corrected chi connectivity index (χ0v) is 24.8. The zero-order valence-electron chi connectivity index (χ0n) is 24.8. The van der Waals surface area contributed by atoms with Crippen LogP contribution in [0.3, 0.4) is 0 Å². The molecule has 0 aromatic heterocycles. The van der Waals surface area contributed by atoms with Crippen LogP contribution in [-0.2, 0) is 14.3 Å². The molecule has 0 heterocycles. The summed E-state index contributed by atoms with van der Waals surface area (Å²) in [6.45, 7) is 16.7. The van der Waals surface area contributed by atoms with Gasteiger partial charge in [0.1, 0.15) is 23.4 Å². The highest BCUT2D eigenvalue weighted by molar-refractivity contribution is 6.00. The zero-order chi connectivity index (χ0) is 29.5. The van der Waals surface area contributed by atoms with E-state index >= 15 is 0 Å². The third kappa shape index (κ3) is 9.30. The molecule has 0 aliphatic rings. The van der Waals surface area contributed by atoms with Gasteiger partial charge in [0, 0.05) is 11.7 Å². The van der Waals surface area contributed by atoms with Crippen LogP contribution >= 0.6 is 0 Å². The smallest absolute Gasteiger partial charge is 0.408 e. The number of nitrogens with one attached hydrogen (secondary N) is 2. The standard InChI is InChI=1S/C31H45N3O5/c1-19(2)16-17-22(5)34(29(37)23(6)32-30(38)39-31(7,8)9)27(24-14-11-15-25(35)18-24)28(36)33-26-20(3)12-10-13-21(26)4/h10-15,18-19,22-23,27,35H,16-17H2,1-9H3,(H,32,38)(H,33,36). The molecule has 0 bridgehead atoms. The summed E-state index contributed by atoms with van der Waals surface area (Å²) >= 11 is 0. The highest BCUT2D eigenvalue weighted by Crippen LogP contribution is 2.31. The Morgan fingerprint density at radius 2 is 1.54 bits per heavy atom. The molecule has 0 radical (unpaired) electrons. The van der Waals surface area contributed by atoms with E-state index in [1.165, 1.54) is 17.0 Å². The number of phenols is 1. The summed E-state index contributed by atoms with van der Waals surface area (Å²) < 4.78 is 5.36. The van der Waals surface area contributed by atoms with Crippen LogP contribution in [0.5, 0.6) is 5.75 Å². The number of para-hydroxylation sites is 1. The second-order valence-electron chi connectivity index (χ2n) is 11.7. The number of aryl methyl sites for hydroxylation is 2. The van der Waals surface area contributed by atoms with Gasteiger partial charge >= 0.3 is 6.09 Å². The molecule has 3 amide bonds. The Labute approximate surface area is 233 Å². The molecule has 3 N–H and O–H groups in total. The van der Waals surface area contributed by atoms with Crippen LogP contribution in [0.25, 0.3) is 0 Å². The molecule has 0 spiro atoms. The molecular weight excluding hydrogens is 494 g/mol. The van der Waals surface area contributed by atoms with Crippen molar-refractivity contribution >= 4 is 23.6 Å². The normalized spacial score (nSPS) is 13.8. The fraction of sp³-hybridized carbons (Fsp3) is 0.516. The number of rotatable bonds is 10. The van der Waals surface area contributed by atoms with Gasteiger partial charge in [-0.2, -0.15) is 0 Å². The molecule has 0 aliphatic heterocycles. The van der Waals surface area contributed by atoms with Crippen LogP contribution in [0, 0.1) is 19.8 Å². The maximum Gasteiger partial charge on any atom is 0.408 e. The Balaban J connectivity index is 2.56. The van der Waals surface area contributed by atoms with Crippen molar-refractivity contribution in [3.63, 3.8) is 0 Å². The largest absolute Gasteiger partial charge is 0.508 e. The van der Waals surface area contributed by atoms with Gasteiger partial charge in [-0.1, -0.05) is 44.2 Å². The lowest BCUT2D eigenvalue weighted by Crippen LogP contribution is -2.54. The van der Waals surface area contributed by atoms with Crippen molar-refractivity contribution in [3.05, 3.63) is 59.2 Å². The lowest BCUT2D eigenvalue weighted by Gasteiger charge is -2.38. The molecule has 0 fully saturated rings. The minimum Gasteiger partial charge on any atom is -0.508 e. The maximum absolute atomic E-state index is 14.1. The number of anilines is 1. The number of alkyl carbamates (subject to hydrolysis) is 1. The average molecular weight is 540 g/mol. The van der Waals surface area contributed by atoms with E-state index in [4.69, 9.17) is 4.74 Å². The lowest BCUT2D eigenvalue weighted by atomic mass is 9.97. The summed E-state index contributed by atoms with van der Waals surface area (Å²) in [5.74, 6) is -0.460. The van der Waals surface area contributed by atoms with Gasteiger partial charge in [0.05, 0.1) is 0 Å². The van der Waals surface area contributed by atoms with Crippen molar-refractivity contribution in [2.45, 2.75) is 98.9 Å². The second kappa shape index (κ2) is 13.5. The van der Waals surface area contributed by atoms with Crippen LogP contribution in [0.15, 0.2) is 42.5 Å². The molecule has 3 atom stereocenters. The van der Waals surface area contributed by atoms with E-state index in [1.807, 2.05) is 39.0 Å². The molecule has 39 heavy (non-hydrogen) atoms. The fourth-order valence-corrected chi connectivity index (χ4v) is 4.42. The Bertz CT molecular complexity index is 1130. The van der Waals surface area contributed by atoms with Gasteiger partial charge in [0.25, 0.3) is 5.91 Å². The first-order valence-electron chi connectivity index (χ1n) is 13.6. The first-order valence-corrected chi connectivity index (χ1v) is 13.6.